The van der Waals surface area contributed by atoms with Gasteiger partial charge in [-0.3, -0.25) is 0 Å². The summed E-state index contributed by atoms with van der Waals surface area (Å²) in [5.41, 5.74) is 8.48. The zero-order valence-electron chi connectivity index (χ0n) is 17.5. The van der Waals surface area contributed by atoms with Gasteiger partial charge in [-0.1, -0.05) is 18.2 Å². The number of hydrogen-bond acceptors (Lipinski definition) is 6. The Hall–Kier alpha value is -2.64. The molecule has 0 bridgehead atoms. The quantitative estimate of drug-likeness (QED) is 0.481. The molecule has 0 aromatic heterocycles. The Kier molecular flexibility index (Phi) is 8.20. The summed E-state index contributed by atoms with van der Waals surface area (Å²) >= 11 is 9.72. The molecule has 0 amide bonds. The third kappa shape index (κ3) is 4.91. The number of benzene rings is 2. The molecule has 2 aromatic rings. The number of rotatable bonds is 8. The highest BCUT2D eigenvalue weighted by Gasteiger charge is 2.24. The molecule has 160 valence electrons. The highest BCUT2D eigenvalue weighted by atomic mass is 79.9. The molecule has 0 radical (unpaired) electrons. The molecule has 0 aliphatic heterocycles. The Morgan fingerprint density at radius 3 is 2.13 bits per heavy atom. The summed E-state index contributed by atoms with van der Waals surface area (Å²) in [4.78, 5) is 3.96. The van der Waals surface area contributed by atoms with Crippen molar-refractivity contribution in [3.63, 3.8) is 0 Å². The molecule has 0 saturated carbocycles. The summed E-state index contributed by atoms with van der Waals surface area (Å²) in [6, 6.07) is 7.44. The van der Waals surface area contributed by atoms with E-state index in [9.17, 15) is 0 Å². The number of hydrogen-bond donors (Lipinski definition) is 1. The average Bonchev–Trinajstić information content (AvgIpc) is 2.71. The van der Waals surface area contributed by atoms with E-state index in [1.54, 1.807) is 34.5 Å². The van der Waals surface area contributed by atoms with Crippen molar-refractivity contribution in [3.05, 3.63) is 52.8 Å². The van der Waals surface area contributed by atoms with Crippen LogP contribution in [0.25, 0.3) is 16.7 Å². The van der Waals surface area contributed by atoms with Gasteiger partial charge in [-0.2, -0.15) is 0 Å². The van der Waals surface area contributed by atoms with Crippen LogP contribution in [0.15, 0.2) is 52.2 Å². The van der Waals surface area contributed by atoms with Gasteiger partial charge in [0.2, 0.25) is 0 Å². The fourth-order valence-corrected chi connectivity index (χ4v) is 3.87. The fraction of sp³-hybridized carbons (Fsp3) is 0.227. The first-order chi connectivity index (χ1) is 14.3. The second-order valence-corrected chi connectivity index (χ2v) is 7.38. The zero-order valence-corrected chi connectivity index (χ0v) is 19.8. The van der Waals surface area contributed by atoms with Crippen molar-refractivity contribution in [1.29, 1.82) is 0 Å². The lowest BCUT2D eigenvalue weighted by atomic mass is 9.95. The van der Waals surface area contributed by atoms with Gasteiger partial charge < -0.3 is 24.7 Å². The number of ether oxygens (including phenoxy) is 4. The van der Waals surface area contributed by atoms with E-state index in [0.717, 1.165) is 21.2 Å². The predicted octanol–water partition coefficient (Wildman–Crippen LogP) is 5.62. The van der Waals surface area contributed by atoms with Gasteiger partial charge in [0.1, 0.15) is 34.0 Å². The first-order valence-corrected chi connectivity index (χ1v) is 9.99. The van der Waals surface area contributed by atoms with Crippen LogP contribution >= 0.6 is 27.5 Å². The van der Waals surface area contributed by atoms with Crippen molar-refractivity contribution < 1.29 is 18.9 Å². The Morgan fingerprint density at radius 2 is 1.60 bits per heavy atom. The van der Waals surface area contributed by atoms with Crippen LogP contribution in [0.4, 0.5) is 0 Å². The topological polar surface area (TPSA) is 75.3 Å². The summed E-state index contributed by atoms with van der Waals surface area (Å²) in [6.07, 6.45) is 1.67. The van der Waals surface area contributed by atoms with E-state index in [0.29, 0.717) is 28.6 Å². The molecule has 2 N–H and O–H groups in total. The molecule has 0 aliphatic carbocycles. The highest BCUT2D eigenvalue weighted by molar-refractivity contribution is 9.10. The normalized spacial score (nSPS) is 11.8. The molecule has 2 rings (SSSR count). The number of nitrogens with zero attached hydrogens (tertiary/aromatic N) is 1. The van der Waals surface area contributed by atoms with Gasteiger partial charge >= 0.3 is 0 Å². The number of nitrogens with two attached hydrogens (primary N) is 1. The van der Waals surface area contributed by atoms with Crippen LogP contribution in [0.5, 0.6) is 23.0 Å². The van der Waals surface area contributed by atoms with Crippen molar-refractivity contribution in [2.45, 2.75) is 6.92 Å². The van der Waals surface area contributed by atoms with Crippen molar-refractivity contribution in [2.75, 3.05) is 28.4 Å². The molecular weight excluding hydrogens is 472 g/mol. The van der Waals surface area contributed by atoms with E-state index in [4.69, 9.17) is 36.3 Å². The minimum Gasteiger partial charge on any atom is -0.496 e. The molecule has 8 heteroatoms. The number of aliphatic imine (C=N–C) groups is 1. The van der Waals surface area contributed by atoms with Crippen molar-refractivity contribution in [2.24, 2.45) is 10.7 Å². The molecule has 0 atom stereocenters. The molecular formula is C22H24BrClN2O4. The van der Waals surface area contributed by atoms with Gasteiger partial charge in [-0.25, -0.2) is 4.99 Å². The SMILES string of the molecule is C=C(N)/N=C(Cl)\C=C(/C)c1c(OC)ccc(-c2c(OC)ccc(Br)c2OC)c1OC. The van der Waals surface area contributed by atoms with Crippen LogP contribution in [0.3, 0.4) is 0 Å². The lowest BCUT2D eigenvalue weighted by Crippen LogP contribution is -2.01. The number of methoxy groups -OCH3 is 4. The van der Waals surface area contributed by atoms with E-state index in [-0.39, 0.29) is 11.0 Å². The van der Waals surface area contributed by atoms with Crippen LogP contribution in [0, 0.1) is 0 Å². The molecule has 0 heterocycles. The highest BCUT2D eigenvalue weighted by Crippen LogP contribution is 2.50. The summed E-state index contributed by atoms with van der Waals surface area (Å²) in [5, 5.41) is 0.187. The third-order valence-electron chi connectivity index (χ3n) is 4.29. The van der Waals surface area contributed by atoms with Crippen LogP contribution in [0.2, 0.25) is 0 Å². The first-order valence-electron chi connectivity index (χ1n) is 8.82. The molecule has 0 unspecified atom stereocenters. The molecule has 2 aromatic carbocycles. The van der Waals surface area contributed by atoms with Crippen molar-refractivity contribution in [1.82, 2.24) is 0 Å². The Balaban J connectivity index is 2.88. The van der Waals surface area contributed by atoms with Crippen molar-refractivity contribution in [3.8, 4) is 34.1 Å². The minimum absolute atomic E-state index is 0.111. The molecule has 30 heavy (non-hydrogen) atoms. The lowest BCUT2D eigenvalue weighted by Gasteiger charge is -2.21. The predicted molar refractivity (Wildman–Crippen MR) is 126 cm³/mol. The Bertz CT molecular complexity index is 1020. The van der Waals surface area contributed by atoms with Crippen molar-refractivity contribution >= 4 is 38.3 Å². The summed E-state index contributed by atoms with van der Waals surface area (Å²) in [6.45, 7) is 5.41. The lowest BCUT2D eigenvalue weighted by molar-refractivity contribution is 0.387. The van der Waals surface area contributed by atoms with Gasteiger partial charge in [-0.05, 0) is 58.8 Å². The maximum Gasteiger partial charge on any atom is 0.144 e. The van der Waals surface area contributed by atoms with Crippen LogP contribution in [0.1, 0.15) is 12.5 Å². The van der Waals surface area contributed by atoms with Crippen LogP contribution in [-0.4, -0.2) is 33.6 Å². The van der Waals surface area contributed by atoms with Gasteiger partial charge in [0.25, 0.3) is 0 Å². The van der Waals surface area contributed by atoms with E-state index in [1.165, 1.54) is 0 Å². The summed E-state index contributed by atoms with van der Waals surface area (Å²) in [5.74, 6) is 2.53. The standard InChI is InChI=1S/C22H24BrClN2O4/c1-12(11-18(24)26-13(2)25)19-16(27-3)9-7-14(21(19)29-5)20-17(28-4)10-8-15(23)22(20)30-6/h7-11H,2,25H2,1,3-6H3/b12-11+,26-18+. The number of halogens is 2. The second-order valence-electron chi connectivity index (χ2n) is 6.13. The Morgan fingerprint density at radius 1 is 1.00 bits per heavy atom. The maximum absolute atomic E-state index is 6.19. The minimum atomic E-state index is 0.111. The summed E-state index contributed by atoms with van der Waals surface area (Å²) < 4.78 is 23.4. The smallest absolute Gasteiger partial charge is 0.144 e. The molecule has 0 saturated heterocycles. The number of allylic oxidation sites excluding steroid dienone is 2. The van der Waals surface area contributed by atoms with E-state index >= 15 is 0 Å². The van der Waals surface area contributed by atoms with Gasteiger partial charge in [0.15, 0.2) is 0 Å². The molecule has 0 aliphatic rings. The molecule has 6 nitrogen and oxygen atoms in total. The van der Waals surface area contributed by atoms with Gasteiger partial charge in [-0.15, -0.1) is 0 Å². The van der Waals surface area contributed by atoms with Crippen LogP contribution < -0.4 is 24.7 Å². The first kappa shape index (κ1) is 23.6. The van der Waals surface area contributed by atoms with E-state index in [2.05, 4.69) is 27.5 Å². The monoisotopic (exact) mass is 494 g/mol. The molecule has 0 spiro atoms. The summed E-state index contributed by atoms with van der Waals surface area (Å²) in [7, 11) is 6.37. The third-order valence-corrected chi connectivity index (χ3v) is 5.11. The van der Waals surface area contributed by atoms with Gasteiger partial charge in [0, 0.05) is 5.56 Å². The maximum atomic E-state index is 6.19. The zero-order chi connectivity index (χ0) is 22.4. The largest absolute Gasteiger partial charge is 0.496 e. The fourth-order valence-electron chi connectivity index (χ4n) is 3.10. The second kappa shape index (κ2) is 10.4. The van der Waals surface area contributed by atoms with E-state index in [1.807, 2.05) is 31.2 Å². The van der Waals surface area contributed by atoms with Crippen LogP contribution in [-0.2, 0) is 0 Å². The van der Waals surface area contributed by atoms with E-state index < -0.39 is 0 Å². The Labute approximate surface area is 190 Å². The molecule has 0 fully saturated rings. The average molecular weight is 496 g/mol. The van der Waals surface area contributed by atoms with Gasteiger partial charge in [0.05, 0.1) is 44.0 Å².